The molecule has 350 valence electrons. The minimum atomic E-state index is -4.52. The quantitative estimate of drug-likeness (QED) is 0.0150. The number of ether oxygens (including phenoxy) is 2. The lowest BCUT2D eigenvalue weighted by atomic mass is 10.0. The highest BCUT2D eigenvalue weighted by atomic mass is 31.2. The average Bonchev–Trinajstić information content (AvgIpc) is 3.19. The Morgan fingerprint density at radius 3 is 1.32 bits per heavy atom. The van der Waals surface area contributed by atoms with Crippen LogP contribution in [-0.2, 0) is 27.9 Å². The third-order valence-corrected chi connectivity index (χ3v) is 12.1. The predicted octanol–water partition coefficient (Wildman–Crippen LogP) is 14.9. The van der Waals surface area contributed by atoms with Crippen LogP contribution in [-0.4, -0.2) is 64.1 Å². The van der Waals surface area contributed by atoms with E-state index >= 15 is 0 Å². The number of phosphoric acid groups is 1. The molecule has 0 heterocycles. The molecule has 0 radical (unpaired) electrons. The molecule has 0 aliphatic rings. The van der Waals surface area contributed by atoms with Gasteiger partial charge in [-0.05, 0) is 51.0 Å². The summed E-state index contributed by atoms with van der Waals surface area (Å²) in [4.78, 5) is 24.9. The minimum Gasteiger partial charge on any atom is -0.756 e. The smallest absolute Gasteiger partial charge is 0.305 e. The van der Waals surface area contributed by atoms with Crippen LogP contribution in [0.3, 0.4) is 0 Å². The zero-order chi connectivity index (χ0) is 43.4. The zero-order valence-corrected chi connectivity index (χ0v) is 40.6. The van der Waals surface area contributed by atoms with Crippen molar-refractivity contribution in [3.63, 3.8) is 0 Å². The summed E-state index contributed by atoms with van der Waals surface area (Å²) in [6.45, 7) is 4.73. The largest absolute Gasteiger partial charge is 0.756 e. The first-order valence-electron chi connectivity index (χ1n) is 25.1. The molecule has 0 saturated carbocycles. The van der Waals surface area contributed by atoms with Crippen molar-refractivity contribution in [1.82, 2.24) is 0 Å². The molecule has 0 aliphatic carbocycles. The highest BCUT2D eigenvalue weighted by Gasteiger charge is 2.19. The summed E-state index contributed by atoms with van der Waals surface area (Å²) >= 11 is 0. The Morgan fingerprint density at radius 2 is 0.898 bits per heavy atom. The fraction of sp³-hybridized carbons (Fsp3) is 0.900. The monoisotopic (exact) mass is 856 g/mol. The SMILES string of the molecule is CCCCCC/C=C\CCCCCCCC/C=C\OC(COC(=O)CCCCCCCCCCCCCCCCCCCCCCC)COP(=O)([O-])OCC[N+](C)(C)C. The molecule has 2 unspecified atom stereocenters. The van der Waals surface area contributed by atoms with Gasteiger partial charge in [-0.3, -0.25) is 9.36 Å². The van der Waals surface area contributed by atoms with Gasteiger partial charge < -0.3 is 27.9 Å². The molecule has 0 rings (SSSR count). The van der Waals surface area contributed by atoms with E-state index in [4.69, 9.17) is 18.5 Å². The number of likely N-dealkylation sites (N-methyl/N-ethyl adjacent to an activating group) is 1. The van der Waals surface area contributed by atoms with Crippen LogP contribution in [0.5, 0.6) is 0 Å². The first-order valence-corrected chi connectivity index (χ1v) is 26.6. The van der Waals surface area contributed by atoms with Gasteiger partial charge in [0.15, 0.2) is 6.10 Å². The van der Waals surface area contributed by atoms with Crippen molar-refractivity contribution >= 4 is 13.8 Å². The van der Waals surface area contributed by atoms with Crippen molar-refractivity contribution in [3.05, 3.63) is 24.5 Å². The van der Waals surface area contributed by atoms with E-state index in [1.807, 2.05) is 27.2 Å². The van der Waals surface area contributed by atoms with Crippen molar-refractivity contribution in [2.45, 2.75) is 245 Å². The molecule has 2 atom stereocenters. The Kier molecular flexibility index (Phi) is 42.6. The van der Waals surface area contributed by atoms with Gasteiger partial charge in [-0.15, -0.1) is 0 Å². The number of esters is 1. The number of quaternary nitrogens is 1. The van der Waals surface area contributed by atoms with Gasteiger partial charge in [0, 0.05) is 6.42 Å². The standard InChI is InChI=1S/C50H98NO7P/c1-6-8-10-12-14-16-18-20-22-24-25-26-27-28-29-31-33-35-37-39-41-43-50(52)56-47-49(48-58-59(53,54)57-46-44-51(3,4)5)55-45-42-40-38-36-34-32-30-23-21-19-17-15-13-11-9-7-2/h17,19,42,45,49H,6-16,18,20-41,43-44,46-48H2,1-5H3/b19-17-,45-42-. The van der Waals surface area contributed by atoms with Crippen LogP contribution in [0.15, 0.2) is 24.5 Å². The third-order valence-electron chi connectivity index (χ3n) is 11.1. The Bertz CT molecular complexity index is 998. The molecule has 0 saturated heterocycles. The third kappa shape index (κ3) is 47.7. The van der Waals surface area contributed by atoms with Crippen molar-refractivity contribution in [3.8, 4) is 0 Å². The maximum atomic E-state index is 12.5. The summed E-state index contributed by atoms with van der Waals surface area (Å²) in [6.07, 6.45) is 51.6. The first kappa shape index (κ1) is 57.8. The predicted molar refractivity (Wildman–Crippen MR) is 249 cm³/mol. The maximum absolute atomic E-state index is 12.5. The summed E-state index contributed by atoms with van der Waals surface area (Å²) in [5.41, 5.74) is 0. The Hall–Kier alpha value is -1.18. The Labute approximate surface area is 366 Å². The van der Waals surface area contributed by atoms with Gasteiger partial charge >= 0.3 is 5.97 Å². The van der Waals surface area contributed by atoms with Gasteiger partial charge in [0.1, 0.15) is 19.8 Å². The Balaban J connectivity index is 4.14. The molecule has 0 spiro atoms. The van der Waals surface area contributed by atoms with Gasteiger partial charge in [-0.2, -0.15) is 0 Å². The van der Waals surface area contributed by atoms with Crippen LogP contribution < -0.4 is 4.89 Å². The van der Waals surface area contributed by atoms with E-state index < -0.39 is 13.9 Å². The van der Waals surface area contributed by atoms with Crippen molar-refractivity contribution in [2.75, 3.05) is 47.5 Å². The average molecular weight is 856 g/mol. The second-order valence-corrected chi connectivity index (χ2v) is 19.7. The topological polar surface area (TPSA) is 94.1 Å². The molecule has 0 aliphatic heterocycles. The Morgan fingerprint density at radius 1 is 0.525 bits per heavy atom. The van der Waals surface area contributed by atoms with Crippen molar-refractivity contribution in [1.29, 1.82) is 0 Å². The molecule has 0 aromatic heterocycles. The van der Waals surface area contributed by atoms with E-state index in [1.165, 1.54) is 186 Å². The van der Waals surface area contributed by atoms with E-state index in [2.05, 4.69) is 26.0 Å². The van der Waals surface area contributed by atoms with Crippen LogP contribution in [0.2, 0.25) is 0 Å². The lowest BCUT2D eigenvalue weighted by Gasteiger charge is -2.28. The molecule has 0 fully saturated rings. The van der Waals surface area contributed by atoms with Gasteiger partial charge in [0.05, 0.1) is 34.0 Å². The van der Waals surface area contributed by atoms with Crippen LogP contribution in [0, 0.1) is 0 Å². The number of rotatable bonds is 47. The molecule has 9 heteroatoms. The van der Waals surface area contributed by atoms with Crippen LogP contribution in [0.25, 0.3) is 0 Å². The van der Waals surface area contributed by atoms with Crippen LogP contribution in [0.4, 0.5) is 0 Å². The molecule has 0 N–H and O–H groups in total. The highest BCUT2D eigenvalue weighted by Crippen LogP contribution is 2.38. The van der Waals surface area contributed by atoms with Crippen LogP contribution in [0.1, 0.15) is 239 Å². The van der Waals surface area contributed by atoms with Crippen molar-refractivity contribution in [2.24, 2.45) is 0 Å². The molecular weight excluding hydrogens is 758 g/mol. The molecule has 0 aromatic rings. The molecule has 59 heavy (non-hydrogen) atoms. The minimum absolute atomic E-state index is 0.0282. The van der Waals surface area contributed by atoms with Gasteiger partial charge in [0.2, 0.25) is 0 Å². The number of unbranched alkanes of at least 4 members (excludes halogenated alkanes) is 31. The number of allylic oxidation sites excluding steroid dienone is 3. The van der Waals surface area contributed by atoms with Crippen molar-refractivity contribution < 1.29 is 37.3 Å². The molecule has 0 amide bonds. The first-order chi connectivity index (χ1) is 28.6. The number of hydrogen-bond donors (Lipinski definition) is 0. The second kappa shape index (κ2) is 43.5. The molecule has 0 bridgehead atoms. The summed E-state index contributed by atoms with van der Waals surface area (Å²) in [5.74, 6) is -0.289. The molecule has 8 nitrogen and oxygen atoms in total. The van der Waals surface area contributed by atoms with E-state index in [-0.39, 0.29) is 25.8 Å². The van der Waals surface area contributed by atoms with Crippen LogP contribution >= 0.6 is 7.82 Å². The number of carbonyl (C=O) groups is 1. The summed E-state index contributed by atoms with van der Waals surface area (Å²) in [5, 5.41) is 0. The molecule has 0 aromatic carbocycles. The summed E-state index contributed by atoms with van der Waals surface area (Å²) in [6, 6.07) is 0. The van der Waals surface area contributed by atoms with E-state index in [0.29, 0.717) is 17.4 Å². The normalized spacial score (nSPS) is 13.7. The molecular formula is C50H98NO7P. The van der Waals surface area contributed by atoms with Gasteiger partial charge in [0.25, 0.3) is 7.82 Å². The number of hydrogen-bond acceptors (Lipinski definition) is 7. The number of nitrogens with zero attached hydrogens (tertiary/aromatic N) is 1. The van der Waals surface area contributed by atoms with E-state index in [1.54, 1.807) is 6.26 Å². The number of phosphoric ester groups is 1. The maximum Gasteiger partial charge on any atom is 0.305 e. The van der Waals surface area contributed by atoms with Gasteiger partial charge in [-0.1, -0.05) is 199 Å². The fourth-order valence-electron chi connectivity index (χ4n) is 7.12. The lowest BCUT2D eigenvalue weighted by molar-refractivity contribution is -0.870. The zero-order valence-electron chi connectivity index (χ0n) is 39.7. The second-order valence-electron chi connectivity index (χ2n) is 18.2. The highest BCUT2D eigenvalue weighted by molar-refractivity contribution is 7.45. The summed E-state index contributed by atoms with van der Waals surface area (Å²) in [7, 11) is 1.37. The van der Waals surface area contributed by atoms with E-state index in [9.17, 15) is 14.3 Å². The summed E-state index contributed by atoms with van der Waals surface area (Å²) < 4.78 is 34.5. The lowest BCUT2D eigenvalue weighted by Crippen LogP contribution is -2.37. The van der Waals surface area contributed by atoms with E-state index in [0.717, 1.165) is 32.1 Å². The fourth-order valence-corrected chi connectivity index (χ4v) is 7.84. The van der Waals surface area contributed by atoms with Gasteiger partial charge in [-0.25, -0.2) is 0 Å². The number of carbonyl (C=O) groups excluding carboxylic acids is 1.